The van der Waals surface area contributed by atoms with Gasteiger partial charge in [-0.1, -0.05) is 78.9 Å². The molecule has 33 heavy (non-hydrogen) atoms. The van der Waals surface area contributed by atoms with Crippen molar-refractivity contribution < 1.29 is 4.79 Å². The smallest absolute Gasteiger partial charge is 0.274 e. The minimum atomic E-state index is -1.04. The Hall–Kier alpha value is -4.52. The molecule has 1 aromatic heterocycles. The van der Waals surface area contributed by atoms with E-state index in [1.165, 1.54) is 0 Å². The summed E-state index contributed by atoms with van der Waals surface area (Å²) in [6, 6.07) is 26.9. The minimum Gasteiger partial charge on any atom is -0.323 e. The van der Waals surface area contributed by atoms with Gasteiger partial charge in [-0.2, -0.15) is 10.2 Å². The Morgan fingerprint density at radius 3 is 2.18 bits per heavy atom. The number of para-hydroxylation sites is 1. The molecule has 0 saturated heterocycles. The van der Waals surface area contributed by atoms with Crippen LogP contribution in [0, 0.1) is 0 Å². The molecule has 6 rings (SSSR count). The Morgan fingerprint density at radius 2 is 1.42 bits per heavy atom. The number of fused-ring (bicyclic) bond motifs is 2. The van der Waals surface area contributed by atoms with Gasteiger partial charge in [-0.25, -0.2) is 5.10 Å². The summed E-state index contributed by atoms with van der Waals surface area (Å²) in [4.78, 5) is 26.2. The fourth-order valence-corrected chi connectivity index (χ4v) is 4.66. The highest BCUT2D eigenvalue weighted by Gasteiger charge is 2.51. The summed E-state index contributed by atoms with van der Waals surface area (Å²) in [6.07, 6.45) is 0.247. The van der Waals surface area contributed by atoms with Gasteiger partial charge in [0.05, 0.1) is 17.0 Å². The lowest BCUT2D eigenvalue weighted by Crippen LogP contribution is -2.43. The fraction of sp³-hybridized carbons (Fsp3) is 0.0769. The molecular formula is C26H19N5O2. The van der Waals surface area contributed by atoms with Crippen molar-refractivity contribution in [1.82, 2.24) is 15.6 Å². The van der Waals surface area contributed by atoms with Gasteiger partial charge in [-0.3, -0.25) is 15.0 Å². The second-order valence-electron chi connectivity index (χ2n) is 8.14. The molecule has 1 unspecified atom stereocenters. The van der Waals surface area contributed by atoms with Gasteiger partial charge in [0.2, 0.25) is 0 Å². The number of amides is 1. The quantitative estimate of drug-likeness (QED) is 0.459. The van der Waals surface area contributed by atoms with Gasteiger partial charge in [0.15, 0.2) is 5.54 Å². The Labute approximate surface area is 189 Å². The zero-order valence-electron chi connectivity index (χ0n) is 17.5. The van der Waals surface area contributed by atoms with Crippen LogP contribution in [0.1, 0.15) is 17.5 Å². The third kappa shape index (κ3) is 2.90. The van der Waals surface area contributed by atoms with Crippen LogP contribution in [0.25, 0.3) is 22.4 Å². The number of hydrogen-bond donors (Lipinski definition) is 3. The summed E-state index contributed by atoms with van der Waals surface area (Å²) in [5, 5.41) is 14.5. The van der Waals surface area contributed by atoms with Gasteiger partial charge in [-0.05, 0) is 11.6 Å². The van der Waals surface area contributed by atoms with Crippen LogP contribution in [0.2, 0.25) is 0 Å². The molecule has 0 fully saturated rings. The third-order valence-electron chi connectivity index (χ3n) is 6.22. The number of carbonyl (C=O) groups excluding carboxylic acids is 1. The number of nitrogens with zero attached hydrogens (tertiary/aromatic N) is 2. The molecule has 7 nitrogen and oxygen atoms in total. The van der Waals surface area contributed by atoms with E-state index < -0.39 is 5.54 Å². The topological polar surface area (TPSA) is 99.2 Å². The molecule has 160 valence electrons. The average molecular weight is 433 g/mol. The minimum absolute atomic E-state index is 0.183. The zero-order chi connectivity index (χ0) is 22.4. The number of anilines is 1. The maximum Gasteiger partial charge on any atom is 0.274 e. The molecule has 2 aliphatic rings. The number of aromatic amines is 1. The van der Waals surface area contributed by atoms with Crippen LogP contribution >= 0.6 is 0 Å². The Morgan fingerprint density at radius 1 is 0.758 bits per heavy atom. The SMILES string of the molecule is O=C1Nc2ccccc2C12CC(c1c(-c3ccccc3)c(-c3ccccc3)n[nH]c1=O)=NN2. The normalized spacial score (nSPS) is 18.5. The molecule has 4 aromatic rings. The first-order valence-corrected chi connectivity index (χ1v) is 10.7. The van der Waals surface area contributed by atoms with Crippen molar-refractivity contribution in [2.24, 2.45) is 5.10 Å². The van der Waals surface area contributed by atoms with E-state index in [-0.39, 0.29) is 17.9 Å². The fourth-order valence-electron chi connectivity index (χ4n) is 4.66. The number of hydrazone groups is 1. The Balaban J connectivity index is 1.55. The van der Waals surface area contributed by atoms with E-state index in [9.17, 15) is 9.59 Å². The predicted molar refractivity (Wildman–Crippen MR) is 127 cm³/mol. The first-order chi connectivity index (χ1) is 16.2. The molecule has 0 aliphatic carbocycles. The summed E-state index contributed by atoms with van der Waals surface area (Å²) in [5.74, 6) is -0.183. The van der Waals surface area contributed by atoms with Crippen molar-refractivity contribution in [1.29, 1.82) is 0 Å². The number of H-pyrrole nitrogens is 1. The highest BCUT2D eigenvalue weighted by atomic mass is 16.2. The number of carbonyl (C=O) groups is 1. The maximum atomic E-state index is 13.2. The maximum absolute atomic E-state index is 13.2. The predicted octanol–water partition coefficient (Wildman–Crippen LogP) is 3.65. The number of rotatable bonds is 3. The number of benzene rings is 3. The lowest BCUT2D eigenvalue weighted by atomic mass is 9.84. The first kappa shape index (κ1) is 19.2. The van der Waals surface area contributed by atoms with E-state index in [0.717, 1.165) is 22.4 Å². The van der Waals surface area contributed by atoms with Crippen molar-refractivity contribution in [3.63, 3.8) is 0 Å². The van der Waals surface area contributed by atoms with E-state index >= 15 is 0 Å². The van der Waals surface area contributed by atoms with Crippen LogP contribution in [0.5, 0.6) is 0 Å². The van der Waals surface area contributed by atoms with Gasteiger partial charge < -0.3 is 5.32 Å². The molecule has 0 radical (unpaired) electrons. The summed E-state index contributed by atoms with van der Waals surface area (Å²) in [6.45, 7) is 0. The molecule has 1 atom stereocenters. The van der Waals surface area contributed by atoms with Gasteiger partial charge in [0.25, 0.3) is 11.5 Å². The van der Waals surface area contributed by atoms with Crippen LogP contribution in [-0.4, -0.2) is 21.8 Å². The van der Waals surface area contributed by atoms with E-state index in [1.54, 1.807) is 0 Å². The van der Waals surface area contributed by atoms with Crippen LogP contribution in [-0.2, 0) is 10.3 Å². The number of hydrogen-bond acceptors (Lipinski definition) is 5. The van der Waals surface area contributed by atoms with Crippen LogP contribution in [0.15, 0.2) is 94.8 Å². The van der Waals surface area contributed by atoms with E-state index in [1.807, 2.05) is 84.9 Å². The van der Waals surface area contributed by atoms with Gasteiger partial charge in [0, 0.05) is 28.8 Å². The highest BCUT2D eigenvalue weighted by Crippen LogP contribution is 2.42. The molecule has 0 bridgehead atoms. The molecule has 2 aliphatic heterocycles. The van der Waals surface area contributed by atoms with Crippen molar-refractivity contribution in [2.75, 3.05) is 5.32 Å². The Bertz CT molecular complexity index is 1480. The van der Waals surface area contributed by atoms with Crippen LogP contribution in [0.4, 0.5) is 5.69 Å². The van der Waals surface area contributed by atoms with Gasteiger partial charge in [0.1, 0.15) is 0 Å². The second kappa shape index (κ2) is 7.27. The lowest BCUT2D eigenvalue weighted by Gasteiger charge is -2.21. The van der Waals surface area contributed by atoms with E-state index in [4.69, 9.17) is 0 Å². The summed E-state index contributed by atoms with van der Waals surface area (Å²) in [7, 11) is 0. The summed E-state index contributed by atoms with van der Waals surface area (Å²) in [5.41, 5.74) is 7.24. The largest absolute Gasteiger partial charge is 0.323 e. The van der Waals surface area contributed by atoms with Gasteiger partial charge in [-0.15, -0.1) is 0 Å². The monoisotopic (exact) mass is 433 g/mol. The first-order valence-electron chi connectivity index (χ1n) is 10.7. The highest BCUT2D eigenvalue weighted by molar-refractivity contribution is 6.15. The molecule has 1 amide bonds. The van der Waals surface area contributed by atoms with E-state index in [2.05, 4.69) is 26.0 Å². The Kier molecular flexibility index (Phi) is 4.23. The summed E-state index contributed by atoms with van der Waals surface area (Å²) < 4.78 is 0. The molecule has 7 heteroatoms. The zero-order valence-corrected chi connectivity index (χ0v) is 17.5. The molecule has 3 aromatic carbocycles. The number of nitrogens with one attached hydrogen (secondary N) is 3. The lowest BCUT2D eigenvalue weighted by molar-refractivity contribution is -0.121. The molecule has 3 heterocycles. The molecular weight excluding hydrogens is 414 g/mol. The average Bonchev–Trinajstić information content (AvgIpc) is 3.42. The standard InChI is InChI=1S/C26H19N5O2/c32-24-22(20-15-26(31-28-20)18-13-7-8-14-19(18)27-25(26)33)21(16-9-3-1-4-10-16)23(29-30-24)17-11-5-2-6-12-17/h1-14,31H,15H2,(H,27,33)(H,30,32). The van der Waals surface area contributed by atoms with Crippen molar-refractivity contribution in [2.45, 2.75) is 12.0 Å². The van der Waals surface area contributed by atoms with Crippen LogP contribution in [0.3, 0.4) is 0 Å². The third-order valence-corrected chi connectivity index (χ3v) is 6.22. The van der Waals surface area contributed by atoms with Gasteiger partial charge >= 0.3 is 0 Å². The van der Waals surface area contributed by atoms with Crippen molar-refractivity contribution in [3.05, 3.63) is 106 Å². The molecule has 3 N–H and O–H groups in total. The van der Waals surface area contributed by atoms with Crippen molar-refractivity contribution in [3.8, 4) is 22.4 Å². The van der Waals surface area contributed by atoms with Crippen LogP contribution < -0.4 is 16.3 Å². The van der Waals surface area contributed by atoms with E-state index in [0.29, 0.717) is 22.5 Å². The van der Waals surface area contributed by atoms with Crippen molar-refractivity contribution >= 4 is 17.3 Å². The second-order valence-corrected chi connectivity index (χ2v) is 8.14. The summed E-state index contributed by atoms with van der Waals surface area (Å²) >= 11 is 0. The molecule has 1 spiro atoms. The number of aromatic nitrogens is 2. The molecule has 0 saturated carbocycles.